The fourth-order valence-corrected chi connectivity index (χ4v) is 2.94. The van der Waals surface area contributed by atoms with Crippen LogP contribution >= 0.6 is 15.9 Å². The first-order valence-electron chi connectivity index (χ1n) is 7.34. The highest BCUT2D eigenvalue weighted by Gasteiger charge is 2.22. The van der Waals surface area contributed by atoms with Crippen molar-refractivity contribution in [3.63, 3.8) is 0 Å². The molecule has 2 N–H and O–H groups in total. The van der Waals surface area contributed by atoms with Crippen molar-refractivity contribution in [2.24, 2.45) is 0 Å². The molecule has 2 aromatic rings. The number of carbonyl (C=O) groups is 1. The molecule has 1 aliphatic rings. The molecular weight excluding hydrogens is 346 g/mol. The van der Waals surface area contributed by atoms with Crippen LogP contribution in [0, 0.1) is 6.92 Å². The summed E-state index contributed by atoms with van der Waals surface area (Å²) in [4.78, 5) is 12.4. The number of anilines is 1. The lowest BCUT2D eigenvalue weighted by Crippen LogP contribution is -2.30. The maximum Gasteiger partial charge on any atom is 0.278 e. The van der Waals surface area contributed by atoms with E-state index in [0.29, 0.717) is 11.7 Å². The smallest absolute Gasteiger partial charge is 0.278 e. The minimum absolute atomic E-state index is 0.222. The third-order valence-corrected chi connectivity index (χ3v) is 4.43. The van der Waals surface area contributed by atoms with Gasteiger partial charge < -0.3 is 10.6 Å². The number of piperidine rings is 1. The van der Waals surface area contributed by atoms with Gasteiger partial charge >= 0.3 is 0 Å². The van der Waals surface area contributed by atoms with Crippen LogP contribution in [0.25, 0.3) is 0 Å². The molecule has 0 spiro atoms. The zero-order valence-corrected chi connectivity index (χ0v) is 13.9. The number of amides is 1. The van der Waals surface area contributed by atoms with Crippen LogP contribution in [0.5, 0.6) is 0 Å². The van der Waals surface area contributed by atoms with Gasteiger partial charge in [-0.2, -0.15) is 0 Å². The van der Waals surface area contributed by atoms with Gasteiger partial charge in [0.05, 0.1) is 11.7 Å². The summed E-state index contributed by atoms with van der Waals surface area (Å²) in [5.41, 5.74) is 1.95. The summed E-state index contributed by atoms with van der Waals surface area (Å²) >= 11 is 3.37. The molecule has 0 unspecified atom stereocenters. The number of nitrogens with one attached hydrogen (secondary N) is 2. The predicted molar refractivity (Wildman–Crippen MR) is 88.0 cm³/mol. The van der Waals surface area contributed by atoms with E-state index >= 15 is 0 Å². The third kappa shape index (κ3) is 3.20. The van der Waals surface area contributed by atoms with E-state index in [4.69, 9.17) is 0 Å². The number of hydrogen-bond donors (Lipinski definition) is 2. The van der Waals surface area contributed by atoms with Crippen molar-refractivity contribution in [3.05, 3.63) is 40.1 Å². The van der Waals surface area contributed by atoms with Gasteiger partial charge in [0.15, 0.2) is 5.69 Å². The van der Waals surface area contributed by atoms with Gasteiger partial charge in [-0.15, -0.1) is 5.10 Å². The normalized spacial score (nSPS) is 15.7. The molecule has 0 atom stereocenters. The Morgan fingerprint density at radius 2 is 2.00 bits per heavy atom. The largest absolute Gasteiger partial charge is 0.321 e. The Balaban J connectivity index is 1.75. The molecule has 0 saturated carbocycles. The van der Waals surface area contributed by atoms with Crippen LogP contribution in [0.4, 0.5) is 5.69 Å². The molecule has 116 valence electrons. The predicted octanol–water partition coefficient (Wildman–Crippen LogP) is 2.53. The number of rotatable bonds is 3. The van der Waals surface area contributed by atoms with Gasteiger partial charge in [0, 0.05) is 10.2 Å². The zero-order valence-electron chi connectivity index (χ0n) is 12.3. The van der Waals surface area contributed by atoms with Gasteiger partial charge in [-0.05, 0) is 57.1 Å². The summed E-state index contributed by atoms with van der Waals surface area (Å²) in [6.45, 7) is 3.85. The number of carbonyl (C=O) groups excluding carboxylic acids is 1. The molecule has 1 aromatic heterocycles. The molecule has 7 heteroatoms. The summed E-state index contributed by atoms with van der Waals surface area (Å²) in [6, 6.07) is 7.77. The highest BCUT2D eigenvalue weighted by atomic mass is 79.9. The van der Waals surface area contributed by atoms with Crippen molar-refractivity contribution in [2.45, 2.75) is 25.8 Å². The highest BCUT2D eigenvalue weighted by Crippen LogP contribution is 2.21. The zero-order chi connectivity index (χ0) is 15.5. The van der Waals surface area contributed by atoms with E-state index in [-0.39, 0.29) is 5.91 Å². The van der Waals surface area contributed by atoms with Gasteiger partial charge in [-0.25, -0.2) is 4.68 Å². The minimum atomic E-state index is -0.222. The average Bonchev–Trinajstić information content (AvgIpc) is 2.92. The fourth-order valence-electron chi connectivity index (χ4n) is 2.67. The Kier molecular flexibility index (Phi) is 4.54. The first-order chi connectivity index (χ1) is 10.6. The third-order valence-electron chi connectivity index (χ3n) is 3.90. The van der Waals surface area contributed by atoms with Crippen LogP contribution in [-0.4, -0.2) is 34.0 Å². The van der Waals surface area contributed by atoms with E-state index in [1.165, 1.54) is 0 Å². The van der Waals surface area contributed by atoms with E-state index in [0.717, 1.165) is 41.8 Å². The maximum absolute atomic E-state index is 12.4. The van der Waals surface area contributed by atoms with Crippen molar-refractivity contribution >= 4 is 27.5 Å². The Hall–Kier alpha value is -1.73. The van der Waals surface area contributed by atoms with Crippen LogP contribution in [0.15, 0.2) is 28.7 Å². The second-order valence-corrected chi connectivity index (χ2v) is 6.33. The number of nitrogens with zero attached hydrogens (tertiary/aromatic N) is 3. The molecule has 0 radical (unpaired) electrons. The monoisotopic (exact) mass is 363 g/mol. The summed E-state index contributed by atoms with van der Waals surface area (Å²) in [6.07, 6.45) is 2.02. The number of halogens is 1. The van der Waals surface area contributed by atoms with Crippen LogP contribution < -0.4 is 10.6 Å². The Morgan fingerprint density at radius 1 is 1.32 bits per heavy atom. The standard InChI is InChI=1S/C15H18BrN5O/c1-10-14(15(22)18-12-4-2-11(16)3-5-12)19-20-21(10)13-6-8-17-9-7-13/h2-5,13,17H,6-9H2,1H3,(H,18,22). The van der Waals surface area contributed by atoms with E-state index in [1.54, 1.807) is 0 Å². The van der Waals surface area contributed by atoms with Gasteiger partial charge in [0.1, 0.15) is 0 Å². The lowest BCUT2D eigenvalue weighted by molar-refractivity contribution is 0.102. The molecular formula is C15H18BrN5O. The highest BCUT2D eigenvalue weighted by molar-refractivity contribution is 9.10. The Labute approximate surface area is 137 Å². The summed E-state index contributed by atoms with van der Waals surface area (Å²) in [5, 5.41) is 14.4. The molecule has 2 heterocycles. The number of aromatic nitrogens is 3. The quantitative estimate of drug-likeness (QED) is 0.878. The molecule has 1 amide bonds. The van der Waals surface area contributed by atoms with Gasteiger partial charge in [0.2, 0.25) is 0 Å². The van der Waals surface area contributed by atoms with Crippen LogP contribution in [0.2, 0.25) is 0 Å². The summed E-state index contributed by atoms with van der Waals surface area (Å²) in [7, 11) is 0. The van der Waals surface area contributed by atoms with E-state index in [1.807, 2.05) is 35.9 Å². The molecule has 0 bridgehead atoms. The number of hydrogen-bond acceptors (Lipinski definition) is 4. The summed E-state index contributed by atoms with van der Waals surface area (Å²) < 4.78 is 2.86. The first-order valence-corrected chi connectivity index (χ1v) is 8.14. The average molecular weight is 364 g/mol. The topological polar surface area (TPSA) is 71.8 Å². The second-order valence-electron chi connectivity index (χ2n) is 5.41. The molecule has 1 saturated heterocycles. The van der Waals surface area contributed by atoms with E-state index in [9.17, 15) is 4.79 Å². The molecule has 6 nitrogen and oxygen atoms in total. The van der Waals surface area contributed by atoms with Crippen LogP contribution in [0.3, 0.4) is 0 Å². The maximum atomic E-state index is 12.4. The van der Waals surface area contributed by atoms with Crippen molar-refractivity contribution in [1.82, 2.24) is 20.3 Å². The van der Waals surface area contributed by atoms with Crippen molar-refractivity contribution in [2.75, 3.05) is 18.4 Å². The number of benzene rings is 1. The SMILES string of the molecule is Cc1c(C(=O)Nc2ccc(Br)cc2)nnn1C1CCNCC1. The van der Waals surface area contributed by atoms with Gasteiger partial charge in [-0.1, -0.05) is 21.1 Å². The molecule has 1 aromatic carbocycles. The van der Waals surface area contributed by atoms with E-state index in [2.05, 4.69) is 36.9 Å². The molecule has 1 fully saturated rings. The minimum Gasteiger partial charge on any atom is -0.321 e. The lowest BCUT2D eigenvalue weighted by atomic mass is 10.1. The van der Waals surface area contributed by atoms with E-state index < -0.39 is 0 Å². The summed E-state index contributed by atoms with van der Waals surface area (Å²) in [5.74, 6) is -0.222. The second kappa shape index (κ2) is 6.58. The van der Waals surface area contributed by atoms with Crippen LogP contribution in [0.1, 0.15) is 35.1 Å². The molecule has 1 aliphatic heterocycles. The van der Waals surface area contributed by atoms with Crippen molar-refractivity contribution in [1.29, 1.82) is 0 Å². The fraction of sp³-hybridized carbons (Fsp3) is 0.400. The molecule has 22 heavy (non-hydrogen) atoms. The van der Waals surface area contributed by atoms with Crippen molar-refractivity contribution < 1.29 is 4.79 Å². The van der Waals surface area contributed by atoms with Crippen molar-refractivity contribution in [3.8, 4) is 0 Å². The first kappa shape index (κ1) is 15.2. The molecule has 3 rings (SSSR count). The van der Waals surface area contributed by atoms with Crippen LogP contribution in [-0.2, 0) is 0 Å². The lowest BCUT2D eigenvalue weighted by Gasteiger charge is -2.23. The molecule has 0 aliphatic carbocycles. The van der Waals surface area contributed by atoms with Gasteiger partial charge in [-0.3, -0.25) is 4.79 Å². The Bertz CT molecular complexity index is 661. The Morgan fingerprint density at radius 3 is 2.68 bits per heavy atom. The van der Waals surface area contributed by atoms with Gasteiger partial charge in [0.25, 0.3) is 5.91 Å².